The van der Waals surface area contributed by atoms with E-state index in [0.29, 0.717) is 0 Å². The highest BCUT2D eigenvalue weighted by atomic mass is 127. The van der Waals surface area contributed by atoms with Crippen LogP contribution in [0.2, 0.25) is 0 Å². The summed E-state index contributed by atoms with van der Waals surface area (Å²) in [7, 11) is 1.79. The van der Waals surface area contributed by atoms with Crippen molar-refractivity contribution in [1.29, 1.82) is 0 Å². The Morgan fingerprint density at radius 1 is 1.38 bits per heavy atom. The van der Waals surface area contributed by atoms with Gasteiger partial charge in [0.15, 0.2) is 5.78 Å². The molecule has 1 N–H and O–H groups in total. The van der Waals surface area contributed by atoms with Crippen molar-refractivity contribution >= 4 is 28.4 Å². The Balaban J connectivity index is 2.83. The van der Waals surface area contributed by atoms with Gasteiger partial charge in [-0.1, -0.05) is 12.1 Å². The van der Waals surface area contributed by atoms with Crippen molar-refractivity contribution in [1.82, 2.24) is 5.32 Å². The van der Waals surface area contributed by atoms with Gasteiger partial charge in [0.2, 0.25) is 0 Å². The molecule has 70 valence electrons. The molecule has 1 aromatic rings. The molecule has 0 saturated carbocycles. The van der Waals surface area contributed by atoms with Crippen LogP contribution in [0.5, 0.6) is 0 Å². The maximum Gasteiger partial charge on any atom is 0.179 e. The molecule has 1 atom stereocenters. The van der Waals surface area contributed by atoms with Crippen LogP contribution >= 0.6 is 22.6 Å². The fourth-order valence-electron chi connectivity index (χ4n) is 0.995. The van der Waals surface area contributed by atoms with Crippen molar-refractivity contribution < 1.29 is 4.79 Å². The highest BCUT2D eigenvalue weighted by Crippen LogP contribution is 2.08. The molecular formula is C10H12INO. The van der Waals surface area contributed by atoms with E-state index in [9.17, 15) is 4.79 Å². The summed E-state index contributed by atoms with van der Waals surface area (Å²) in [4.78, 5) is 11.6. The van der Waals surface area contributed by atoms with Gasteiger partial charge < -0.3 is 5.32 Å². The van der Waals surface area contributed by atoms with Gasteiger partial charge in [-0.05, 0) is 48.7 Å². The van der Waals surface area contributed by atoms with E-state index in [4.69, 9.17) is 0 Å². The molecule has 0 spiro atoms. The molecule has 0 saturated heterocycles. The number of hydrogen-bond acceptors (Lipinski definition) is 2. The average molecular weight is 289 g/mol. The Labute approximate surface area is 91.9 Å². The molecule has 13 heavy (non-hydrogen) atoms. The zero-order chi connectivity index (χ0) is 9.84. The quantitative estimate of drug-likeness (QED) is 0.682. The number of carbonyl (C=O) groups is 1. The predicted molar refractivity (Wildman–Crippen MR) is 62.0 cm³/mol. The molecule has 0 radical (unpaired) electrons. The maximum atomic E-state index is 11.6. The van der Waals surface area contributed by atoms with Gasteiger partial charge >= 0.3 is 0 Å². The van der Waals surface area contributed by atoms with Crippen molar-refractivity contribution in [2.45, 2.75) is 13.0 Å². The molecule has 0 amide bonds. The first-order valence-electron chi connectivity index (χ1n) is 4.12. The summed E-state index contributed by atoms with van der Waals surface area (Å²) in [5.41, 5.74) is 0.766. The summed E-state index contributed by atoms with van der Waals surface area (Å²) in [5, 5.41) is 2.93. The van der Waals surface area contributed by atoms with Gasteiger partial charge in [-0.25, -0.2) is 0 Å². The summed E-state index contributed by atoms with van der Waals surface area (Å²) < 4.78 is 1.14. The third-order valence-electron chi connectivity index (χ3n) is 1.96. The lowest BCUT2D eigenvalue weighted by molar-refractivity contribution is 0.0955. The molecule has 0 fully saturated rings. The molecule has 0 heterocycles. The lowest BCUT2D eigenvalue weighted by Crippen LogP contribution is -2.30. The van der Waals surface area contributed by atoms with Crippen LogP contribution in [-0.4, -0.2) is 18.9 Å². The van der Waals surface area contributed by atoms with E-state index >= 15 is 0 Å². The average Bonchev–Trinajstić information content (AvgIpc) is 2.17. The number of hydrogen-bond donors (Lipinski definition) is 1. The molecule has 1 unspecified atom stereocenters. The molecule has 3 heteroatoms. The van der Waals surface area contributed by atoms with E-state index in [2.05, 4.69) is 27.9 Å². The molecule has 2 nitrogen and oxygen atoms in total. The zero-order valence-electron chi connectivity index (χ0n) is 7.67. The molecule has 0 aliphatic carbocycles. The largest absolute Gasteiger partial charge is 0.310 e. The van der Waals surface area contributed by atoms with Crippen LogP contribution in [0.15, 0.2) is 24.3 Å². The van der Waals surface area contributed by atoms with Gasteiger partial charge in [-0.2, -0.15) is 0 Å². The van der Waals surface area contributed by atoms with Gasteiger partial charge in [0.1, 0.15) is 0 Å². The predicted octanol–water partition coefficient (Wildman–Crippen LogP) is 2.08. The molecule has 0 aromatic heterocycles. The minimum Gasteiger partial charge on any atom is -0.310 e. The topological polar surface area (TPSA) is 29.1 Å². The standard InChI is InChI=1S/C10H12INO/c1-7(12-2)10(13)8-3-5-9(11)6-4-8/h3-7,12H,1-2H3. The molecule has 1 rings (SSSR count). The molecule has 0 aliphatic heterocycles. The second-order valence-electron chi connectivity index (χ2n) is 2.88. The first kappa shape index (κ1) is 10.7. The first-order valence-corrected chi connectivity index (χ1v) is 5.20. The number of nitrogens with one attached hydrogen (secondary N) is 1. The van der Waals surface area contributed by atoms with Crippen LogP contribution in [0, 0.1) is 3.57 Å². The summed E-state index contributed by atoms with van der Waals surface area (Å²) in [5.74, 6) is 0.138. The number of rotatable bonds is 3. The summed E-state index contributed by atoms with van der Waals surface area (Å²) in [6, 6.07) is 7.49. The highest BCUT2D eigenvalue weighted by Gasteiger charge is 2.11. The van der Waals surface area contributed by atoms with Crippen LogP contribution in [-0.2, 0) is 0 Å². The lowest BCUT2D eigenvalue weighted by atomic mass is 10.1. The van der Waals surface area contributed by atoms with Gasteiger partial charge in [-0.15, -0.1) is 0 Å². The second-order valence-corrected chi connectivity index (χ2v) is 4.13. The smallest absolute Gasteiger partial charge is 0.179 e. The van der Waals surface area contributed by atoms with Crippen molar-refractivity contribution in [3.8, 4) is 0 Å². The van der Waals surface area contributed by atoms with Crippen LogP contribution in [0.4, 0.5) is 0 Å². The van der Waals surface area contributed by atoms with Crippen molar-refractivity contribution in [2.24, 2.45) is 0 Å². The fourth-order valence-corrected chi connectivity index (χ4v) is 1.35. The number of Topliss-reactive ketones (excluding diaryl/α,β-unsaturated/α-hetero) is 1. The molecular weight excluding hydrogens is 277 g/mol. The summed E-state index contributed by atoms with van der Waals surface area (Å²) >= 11 is 2.22. The van der Waals surface area contributed by atoms with E-state index in [0.717, 1.165) is 9.13 Å². The fraction of sp³-hybridized carbons (Fsp3) is 0.300. The Morgan fingerprint density at radius 3 is 2.38 bits per heavy atom. The third-order valence-corrected chi connectivity index (χ3v) is 2.67. The number of halogens is 1. The number of carbonyl (C=O) groups excluding carboxylic acids is 1. The highest BCUT2D eigenvalue weighted by molar-refractivity contribution is 14.1. The lowest BCUT2D eigenvalue weighted by Gasteiger charge is -2.08. The normalized spacial score (nSPS) is 12.5. The number of ketones is 1. The Morgan fingerprint density at radius 2 is 1.92 bits per heavy atom. The third kappa shape index (κ3) is 2.77. The molecule has 0 bridgehead atoms. The minimum atomic E-state index is -0.111. The van der Waals surface area contributed by atoms with Crippen molar-refractivity contribution in [3.63, 3.8) is 0 Å². The van der Waals surface area contributed by atoms with Crippen molar-refractivity contribution in [3.05, 3.63) is 33.4 Å². The summed E-state index contributed by atoms with van der Waals surface area (Å²) in [6.45, 7) is 1.86. The molecule has 0 aliphatic rings. The van der Waals surface area contributed by atoms with Gasteiger partial charge in [0.25, 0.3) is 0 Å². The van der Waals surface area contributed by atoms with Crippen molar-refractivity contribution in [2.75, 3.05) is 7.05 Å². The molecule has 1 aromatic carbocycles. The van der Waals surface area contributed by atoms with Gasteiger partial charge in [0.05, 0.1) is 6.04 Å². The monoisotopic (exact) mass is 289 g/mol. The maximum absolute atomic E-state index is 11.6. The minimum absolute atomic E-state index is 0.111. The zero-order valence-corrected chi connectivity index (χ0v) is 9.83. The number of likely N-dealkylation sites (N-methyl/N-ethyl adjacent to an activating group) is 1. The second kappa shape index (κ2) is 4.72. The Kier molecular flexibility index (Phi) is 3.87. The van der Waals surface area contributed by atoms with E-state index in [1.54, 1.807) is 7.05 Å². The van der Waals surface area contributed by atoms with Crippen LogP contribution in [0.25, 0.3) is 0 Å². The van der Waals surface area contributed by atoms with Gasteiger partial charge in [0, 0.05) is 9.13 Å². The van der Waals surface area contributed by atoms with Crippen LogP contribution in [0.1, 0.15) is 17.3 Å². The Hall–Kier alpha value is -0.420. The van der Waals surface area contributed by atoms with E-state index in [-0.39, 0.29) is 11.8 Å². The van der Waals surface area contributed by atoms with Gasteiger partial charge in [-0.3, -0.25) is 4.79 Å². The van der Waals surface area contributed by atoms with E-state index < -0.39 is 0 Å². The Bertz CT molecular complexity index is 294. The van der Waals surface area contributed by atoms with E-state index in [1.165, 1.54) is 0 Å². The summed E-state index contributed by atoms with van der Waals surface area (Å²) in [6.07, 6.45) is 0. The van der Waals surface area contributed by atoms with Crippen LogP contribution in [0.3, 0.4) is 0 Å². The number of benzene rings is 1. The van der Waals surface area contributed by atoms with E-state index in [1.807, 2.05) is 31.2 Å². The SMILES string of the molecule is CNC(C)C(=O)c1ccc(I)cc1. The first-order chi connectivity index (χ1) is 6.15. The van der Waals surface area contributed by atoms with Crippen LogP contribution < -0.4 is 5.32 Å².